The summed E-state index contributed by atoms with van der Waals surface area (Å²) >= 11 is 6.39. The van der Waals surface area contributed by atoms with Crippen LogP contribution in [0.3, 0.4) is 0 Å². The first-order valence-electron chi connectivity index (χ1n) is 4.88. The first-order chi connectivity index (χ1) is 7.97. The van der Waals surface area contributed by atoms with Crippen LogP contribution >= 0.6 is 22.9 Å². The van der Waals surface area contributed by atoms with E-state index in [1.54, 1.807) is 0 Å². The molecule has 0 saturated heterocycles. The lowest BCUT2D eigenvalue weighted by Crippen LogP contribution is -2.37. The number of nitrogens with zero attached hydrogens (tertiary/aromatic N) is 1. The molecule has 0 aromatic carbocycles. The molecule has 1 amide bonds. The lowest BCUT2D eigenvalue weighted by molar-refractivity contribution is -0.120. The van der Waals surface area contributed by atoms with Crippen LogP contribution in [0.5, 0.6) is 0 Å². The molecule has 0 unspecified atom stereocenters. The highest BCUT2D eigenvalue weighted by atomic mass is 35.5. The van der Waals surface area contributed by atoms with Gasteiger partial charge in [0.15, 0.2) is 8.68 Å². The highest BCUT2D eigenvalue weighted by Gasteiger charge is 2.24. The maximum atomic E-state index is 11.7. The van der Waals surface area contributed by atoms with Crippen molar-refractivity contribution in [1.82, 2.24) is 15.0 Å². The molecule has 1 fully saturated rings. The molecule has 94 valence electrons. The van der Waals surface area contributed by atoms with E-state index in [0.29, 0.717) is 0 Å². The maximum absolute atomic E-state index is 11.7. The van der Waals surface area contributed by atoms with Crippen molar-refractivity contribution in [2.45, 2.75) is 23.1 Å². The van der Waals surface area contributed by atoms with Crippen LogP contribution in [0.4, 0.5) is 0 Å². The van der Waals surface area contributed by atoms with E-state index in [9.17, 15) is 13.2 Å². The van der Waals surface area contributed by atoms with Gasteiger partial charge in [-0.3, -0.25) is 4.79 Å². The predicted molar refractivity (Wildman–Crippen MR) is 63.5 cm³/mol. The van der Waals surface area contributed by atoms with E-state index in [1.807, 2.05) is 0 Å². The molecule has 1 aromatic heterocycles. The molecule has 1 heterocycles. The summed E-state index contributed by atoms with van der Waals surface area (Å²) < 4.78 is 25.7. The minimum absolute atomic E-state index is 0.00159. The normalized spacial score (nSPS) is 15.8. The maximum Gasteiger partial charge on any atom is 0.252 e. The van der Waals surface area contributed by atoms with Gasteiger partial charge >= 0.3 is 0 Å². The van der Waals surface area contributed by atoms with E-state index in [1.165, 1.54) is 0 Å². The molecule has 0 radical (unpaired) electrons. The Labute approximate surface area is 107 Å². The Morgan fingerprint density at radius 3 is 2.82 bits per heavy atom. The highest BCUT2D eigenvalue weighted by Crippen LogP contribution is 2.22. The fraction of sp³-hybridized carbons (Fsp3) is 0.500. The van der Waals surface area contributed by atoms with Crippen LogP contribution in [0, 0.1) is 0 Å². The first kappa shape index (κ1) is 12.7. The number of hydrogen-bond acceptors (Lipinski definition) is 5. The molecule has 1 aliphatic carbocycles. The minimum Gasteiger partial charge on any atom is -0.352 e. The third-order valence-corrected chi connectivity index (χ3v) is 5.06. The Morgan fingerprint density at radius 2 is 2.29 bits per heavy atom. The lowest BCUT2D eigenvalue weighted by atomic mass is 10.5. The predicted octanol–water partition coefficient (Wildman–Crippen LogP) is 0.353. The first-order valence-corrected chi connectivity index (χ1v) is 7.55. The Hall–Kier alpha value is -0.700. The van der Waals surface area contributed by atoms with Gasteiger partial charge < -0.3 is 5.32 Å². The van der Waals surface area contributed by atoms with Crippen LogP contribution in [0.25, 0.3) is 0 Å². The van der Waals surface area contributed by atoms with E-state index in [4.69, 9.17) is 11.6 Å². The number of nitrogens with one attached hydrogen (secondary N) is 2. The van der Waals surface area contributed by atoms with E-state index < -0.39 is 10.0 Å². The molecular weight excluding hydrogens is 286 g/mol. The largest absolute Gasteiger partial charge is 0.352 e. The average molecular weight is 296 g/mol. The summed E-state index contributed by atoms with van der Waals surface area (Å²) in [6.07, 6.45) is 3.08. The quantitative estimate of drug-likeness (QED) is 0.820. The van der Waals surface area contributed by atoms with Crippen LogP contribution in [0.1, 0.15) is 12.8 Å². The van der Waals surface area contributed by atoms with Crippen molar-refractivity contribution in [3.05, 3.63) is 10.7 Å². The molecule has 0 atom stereocenters. The van der Waals surface area contributed by atoms with Crippen molar-refractivity contribution >= 4 is 38.9 Å². The zero-order valence-electron chi connectivity index (χ0n) is 8.64. The summed E-state index contributed by atoms with van der Waals surface area (Å²) in [5.74, 6) is -0.327. The lowest BCUT2D eigenvalue weighted by Gasteiger charge is -2.04. The zero-order chi connectivity index (χ0) is 12.5. The second kappa shape index (κ2) is 4.89. The summed E-state index contributed by atoms with van der Waals surface area (Å²) in [6.45, 7) is -0.269. The Bertz CT molecular complexity index is 524. The highest BCUT2D eigenvalue weighted by molar-refractivity contribution is 7.91. The van der Waals surface area contributed by atoms with Crippen molar-refractivity contribution in [2.75, 3.05) is 6.54 Å². The van der Waals surface area contributed by atoms with Crippen LogP contribution in [0.2, 0.25) is 4.47 Å². The van der Waals surface area contributed by atoms with Gasteiger partial charge in [0.1, 0.15) is 0 Å². The van der Waals surface area contributed by atoms with Crippen molar-refractivity contribution in [1.29, 1.82) is 0 Å². The molecule has 2 N–H and O–H groups in total. The van der Waals surface area contributed by atoms with Gasteiger partial charge in [0.2, 0.25) is 5.91 Å². The minimum atomic E-state index is -3.69. The number of halogens is 1. The molecule has 1 saturated carbocycles. The van der Waals surface area contributed by atoms with E-state index in [-0.39, 0.29) is 27.2 Å². The molecule has 0 bridgehead atoms. The van der Waals surface area contributed by atoms with Gasteiger partial charge in [0.25, 0.3) is 10.0 Å². The fourth-order valence-corrected chi connectivity index (χ4v) is 3.42. The number of aromatic nitrogens is 1. The molecular formula is C8H10ClN3O3S2. The topological polar surface area (TPSA) is 88.2 Å². The molecule has 6 nitrogen and oxygen atoms in total. The van der Waals surface area contributed by atoms with Gasteiger partial charge in [-0.05, 0) is 12.8 Å². The molecule has 1 aliphatic rings. The summed E-state index contributed by atoms with van der Waals surface area (Å²) in [7, 11) is -3.69. The fourth-order valence-electron chi connectivity index (χ4n) is 1.10. The molecule has 2 rings (SSSR count). The third kappa shape index (κ3) is 3.63. The van der Waals surface area contributed by atoms with Gasteiger partial charge in [-0.25, -0.2) is 18.1 Å². The van der Waals surface area contributed by atoms with E-state index in [0.717, 1.165) is 30.4 Å². The van der Waals surface area contributed by atoms with Gasteiger partial charge in [-0.15, -0.1) is 0 Å². The summed E-state index contributed by atoms with van der Waals surface area (Å²) in [5, 5.41) is 2.68. The molecule has 17 heavy (non-hydrogen) atoms. The Kier molecular flexibility index (Phi) is 3.67. The standard InChI is InChI=1S/C8H10ClN3O3S2/c9-8-10-4-7(16-8)17(14,15)11-3-6(13)12-5-1-2-5/h4-5,11H,1-3H2,(H,12,13). The molecule has 0 aliphatic heterocycles. The number of rotatable bonds is 5. The molecule has 0 spiro atoms. The van der Waals surface area contributed by atoms with Gasteiger partial charge in [-0.1, -0.05) is 22.9 Å². The second-order valence-corrected chi connectivity index (χ2v) is 7.21. The van der Waals surface area contributed by atoms with Gasteiger partial charge in [0, 0.05) is 6.04 Å². The summed E-state index contributed by atoms with van der Waals surface area (Å²) in [6, 6.07) is 0.213. The number of amides is 1. The van der Waals surface area contributed by atoms with E-state index in [2.05, 4.69) is 15.0 Å². The van der Waals surface area contributed by atoms with Gasteiger partial charge in [0.05, 0.1) is 12.7 Å². The number of hydrogen-bond donors (Lipinski definition) is 2. The Balaban J connectivity index is 1.90. The molecule has 9 heteroatoms. The van der Waals surface area contributed by atoms with Crippen molar-refractivity contribution in [3.63, 3.8) is 0 Å². The number of sulfonamides is 1. The third-order valence-electron chi connectivity index (χ3n) is 2.09. The monoisotopic (exact) mass is 295 g/mol. The van der Waals surface area contributed by atoms with Crippen molar-refractivity contribution in [3.8, 4) is 0 Å². The SMILES string of the molecule is O=C(CNS(=O)(=O)c1cnc(Cl)s1)NC1CC1. The Morgan fingerprint density at radius 1 is 1.59 bits per heavy atom. The summed E-state index contributed by atoms with van der Waals surface area (Å²) in [5.41, 5.74) is 0. The number of thiazole rings is 1. The molecule has 1 aromatic rings. The average Bonchev–Trinajstić information content (AvgIpc) is 2.95. The zero-order valence-corrected chi connectivity index (χ0v) is 11.0. The smallest absolute Gasteiger partial charge is 0.252 e. The van der Waals surface area contributed by atoms with Crippen LogP contribution in [-0.2, 0) is 14.8 Å². The van der Waals surface area contributed by atoms with Crippen LogP contribution < -0.4 is 10.0 Å². The number of carbonyl (C=O) groups excluding carboxylic acids is 1. The second-order valence-electron chi connectivity index (χ2n) is 3.60. The summed E-state index contributed by atoms with van der Waals surface area (Å²) in [4.78, 5) is 14.9. The van der Waals surface area contributed by atoms with Crippen molar-refractivity contribution < 1.29 is 13.2 Å². The van der Waals surface area contributed by atoms with Crippen LogP contribution in [0.15, 0.2) is 10.4 Å². The van der Waals surface area contributed by atoms with Crippen molar-refractivity contribution in [2.24, 2.45) is 0 Å². The van der Waals surface area contributed by atoms with Crippen LogP contribution in [-0.4, -0.2) is 31.9 Å². The van der Waals surface area contributed by atoms with E-state index >= 15 is 0 Å². The van der Waals surface area contributed by atoms with Gasteiger partial charge in [-0.2, -0.15) is 0 Å². The number of carbonyl (C=O) groups is 1.